The van der Waals surface area contributed by atoms with E-state index < -0.39 is 17.8 Å². The molecule has 5 rings (SSSR count). The van der Waals surface area contributed by atoms with E-state index in [2.05, 4.69) is 15.9 Å². The topological polar surface area (TPSA) is 90.1 Å². The second-order valence-corrected chi connectivity index (χ2v) is 10.4. The molecule has 7 nitrogen and oxygen atoms in total. The number of carbonyl (C=O) groups excluding carboxylic acids is 1. The van der Waals surface area contributed by atoms with Crippen molar-refractivity contribution < 1.29 is 23.8 Å². The molecule has 1 atom stereocenters. The molecule has 0 bridgehead atoms. The quantitative estimate of drug-likeness (QED) is 0.324. The molecule has 198 valence electrons. The highest BCUT2D eigenvalue weighted by Gasteiger charge is 2.35. The lowest BCUT2D eigenvalue weighted by Gasteiger charge is -2.25. The summed E-state index contributed by atoms with van der Waals surface area (Å²) in [5, 5.41) is 10.2. The summed E-state index contributed by atoms with van der Waals surface area (Å²) in [6, 6.07) is 17.2. The number of phenolic OH excluding ortho intramolecular Hbond substituents is 1. The zero-order valence-corrected chi connectivity index (χ0v) is 23.3. The molecule has 0 fully saturated rings. The van der Waals surface area contributed by atoms with Crippen molar-refractivity contribution in [1.29, 1.82) is 0 Å². The van der Waals surface area contributed by atoms with Gasteiger partial charge in [0, 0.05) is 5.56 Å². The molecule has 1 aromatic heterocycles. The number of phenols is 1. The Morgan fingerprint density at radius 1 is 1.18 bits per heavy atom. The van der Waals surface area contributed by atoms with Gasteiger partial charge in [0.05, 0.1) is 40.0 Å². The van der Waals surface area contributed by atoms with Crippen LogP contribution in [0.5, 0.6) is 11.5 Å². The van der Waals surface area contributed by atoms with Crippen LogP contribution >= 0.6 is 27.3 Å². The lowest BCUT2D eigenvalue weighted by molar-refractivity contribution is -0.138. The number of carbonyl (C=O) groups is 1. The number of rotatable bonds is 6. The summed E-state index contributed by atoms with van der Waals surface area (Å²) < 4.78 is 26.7. The molecular formula is C29H22BrFN2O5S. The van der Waals surface area contributed by atoms with E-state index in [4.69, 9.17) is 14.5 Å². The summed E-state index contributed by atoms with van der Waals surface area (Å²) in [7, 11) is 1.43. The van der Waals surface area contributed by atoms with Crippen molar-refractivity contribution in [1.82, 2.24) is 4.57 Å². The first-order valence-corrected chi connectivity index (χ1v) is 13.5. The van der Waals surface area contributed by atoms with Crippen molar-refractivity contribution in [2.75, 3.05) is 13.7 Å². The van der Waals surface area contributed by atoms with Crippen LogP contribution in [0.1, 0.15) is 29.7 Å². The third kappa shape index (κ3) is 5.05. The highest BCUT2D eigenvalue weighted by atomic mass is 79.9. The van der Waals surface area contributed by atoms with E-state index in [1.807, 2.05) is 30.3 Å². The Bertz CT molecular complexity index is 1780. The van der Waals surface area contributed by atoms with Gasteiger partial charge in [-0.15, -0.1) is 0 Å². The van der Waals surface area contributed by atoms with Crippen molar-refractivity contribution in [2.45, 2.75) is 13.0 Å². The number of methoxy groups -OCH3 is 1. The molecule has 1 N–H and O–H groups in total. The first-order valence-electron chi connectivity index (χ1n) is 11.9. The summed E-state index contributed by atoms with van der Waals surface area (Å²) in [5.41, 5.74) is 1.99. The Kier molecular flexibility index (Phi) is 7.49. The van der Waals surface area contributed by atoms with Crippen LogP contribution in [0.3, 0.4) is 0 Å². The Balaban J connectivity index is 1.82. The minimum Gasteiger partial charge on any atom is -0.503 e. The molecule has 0 radical (unpaired) electrons. The minimum absolute atomic E-state index is 0.0565. The summed E-state index contributed by atoms with van der Waals surface area (Å²) in [4.78, 5) is 32.4. The number of esters is 1. The fourth-order valence-electron chi connectivity index (χ4n) is 4.38. The van der Waals surface area contributed by atoms with E-state index in [0.29, 0.717) is 36.2 Å². The SMILES string of the molecule is CCOC(=O)C1=C(c2ccccc2)N=c2s/c(=C\c3cc(Br)c(O)c(OC)c3)c(=O)n2C1c1ccc(F)cc1. The van der Waals surface area contributed by atoms with E-state index in [1.54, 1.807) is 37.3 Å². The molecule has 0 aliphatic carbocycles. The lowest BCUT2D eigenvalue weighted by Crippen LogP contribution is -2.40. The summed E-state index contributed by atoms with van der Waals surface area (Å²) in [6.07, 6.45) is 1.66. The second kappa shape index (κ2) is 11.0. The fraction of sp³-hybridized carbons (Fsp3) is 0.138. The molecule has 0 spiro atoms. The highest BCUT2D eigenvalue weighted by Crippen LogP contribution is 2.36. The van der Waals surface area contributed by atoms with Gasteiger partial charge in [-0.1, -0.05) is 53.8 Å². The second-order valence-electron chi connectivity index (χ2n) is 8.54. The van der Waals surface area contributed by atoms with E-state index >= 15 is 0 Å². The van der Waals surface area contributed by atoms with Crippen LogP contribution in [0.2, 0.25) is 0 Å². The van der Waals surface area contributed by atoms with E-state index in [1.165, 1.54) is 23.8 Å². The summed E-state index contributed by atoms with van der Waals surface area (Å²) >= 11 is 4.46. The number of fused-ring (bicyclic) bond motifs is 1. The number of benzene rings is 3. The summed E-state index contributed by atoms with van der Waals surface area (Å²) in [6.45, 7) is 1.83. The van der Waals surface area contributed by atoms with Gasteiger partial charge in [0.15, 0.2) is 16.3 Å². The molecule has 39 heavy (non-hydrogen) atoms. The van der Waals surface area contributed by atoms with Gasteiger partial charge < -0.3 is 14.6 Å². The van der Waals surface area contributed by atoms with Crippen molar-refractivity contribution >= 4 is 45.0 Å². The van der Waals surface area contributed by atoms with Crippen molar-refractivity contribution in [3.63, 3.8) is 0 Å². The number of aromatic nitrogens is 1. The van der Waals surface area contributed by atoms with Crippen LogP contribution in [0.25, 0.3) is 11.8 Å². The zero-order valence-electron chi connectivity index (χ0n) is 20.9. The Hall–Kier alpha value is -4.02. The standard InChI is InChI=1S/C29H22BrFN2O5S/c1-3-38-28(36)23-24(17-7-5-4-6-8-17)32-29-33(25(23)18-9-11-19(31)12-10-18)27(35)22(39-29)15-16-13-20(30)26(34)21(14-16)37-2/h4-15,25,34H,3H2,1-2H3/b22-15-. The van der Waals surface area contributed by atoms with Gasteiger partial charge in [0.2, 0.25) is 0 Å². The number of thiazole rings is 1. The van der Waals surface area contributed by atoms with Gasteiger partial charge in [-0.25, -0.2) is 14.2 Å². The first-order chi connectivity index (χ1) is 18.8. The largest absolute Gasteiger partial charge is 0.503 e. The molecule has 0 saturated carbocycles. The predicted molar refractivity (Wildman–Crippen MR) is 150 cm³/mol. The van der Waals surface area contributed by atoms with Gasteiger partial charge in [-0.2, -0.15) is 0 Å². The Morgan fingerprint density at radius 3 is 2.56 bits per heavy atom. The monoisotopic (exact) mass is 608 g/mol. The molecule has 3 aromatic carbocycles. The average molecular weight is 609 g/mol. The van der Waals surface area contributed by atoms with Crippen LogP contribution in [-0.2, 0) is 9.53 Å². The number of halogens is 2. The van der Waals surface area contributed by atoms with Crippen LogP contribution in [0, 0.1) is 5.82 Å². The third-order valence-corrected chi connectivity index (χ3v) is 7.72. The Labute approximate surface area is 234 Å². The maximum absolute atomic E-state index is 13.9. The Morgan fingerprint density at radius 2 is 1.90 bits per heavy atom. The molecular weight excluding hydrogens is 587 g/mol. The van der Waals surface area contributed by atoms with Gasteiger partial charge in [-0.05, 0) is 64.3 Å². The number of nitrogens with zero attached hydrogens (tertiary/aromatic N) is 2. The molecule has 4 aromatic rings. The minimum atomic E-state index is -0.903. The number of hydrogen-bond donors (Lipinski definition) is 1. The summed E-state index contributed by atoms with van der Waals surface area (Å²) in [5.74, 6) is -0.874. The number of ether oxygens (including phenoxy) is 2. The molecule has 0 amide bonds. The maximum Gasteiger partial charge on any atom is 0.338 e. The number of hydrogen-bond acceptors (Lipinski definition) is 7. The average Bonchev–Trinajstić information content (AvgIpc) is 3.25. The first kappa shape index (κ1) is 26.6. The van der Waals surface area contributed by atoms with E-state index in [-0.39, 0.29) is 29.2 Å². The van der Waals surface area contributed by atoms with Crippen molar-refractivity contribution in [2.24, 2.45) is 4.99 Å². The van der Waals surface area contributed by atoms with Gasteiger partial charge in [-0.3, -0.25) is 9.36 Å². The van der Waals surface area contributed by atoms with Crippen LogP contribution in [-0.4, -0.2) is 29.4 Å². The van der Waals surface area contributed by atoms with E-state index in [9.17, 15) is 19.1 Å². The predicted octanol–water partition coefficient (Wildman–Crippen LogP) is 4.55. The molecule has 2 heterocycles. The van der Waals surface area contributed by atoms with Crippen LogP contribution < -0.4 is 19.6 Å². The maximum atomic E-state index is 13.9. The normalized spacial score (nSPS) is 15.1. The highest BCUT2D eigenvalue weighted by molar-refractivity contribution is 9.10. The van der Waals surface area contributed by atoms with Crippen LogP contribution in [0.15, 0.2) is 86.6 Å². The zero-order chi connectivity index (χ0) is 27.7. The lowest BCUT2D eigenvalue weighted by atomic mass is 9.93. The third-order valence-electron chi connectivity index (χ3n) is 6.13. The fourth-order valence-corrected chi connectivity index (χ4v) is 5.85. The molecule has 1 unspecified atom stereocenters. The van der Waals surface area contributed by atoms with Gasteiger partial charge in [0.1, 0.15) is 5.82 Å². The van der Waals surface area contributed by atoms with Crippen molar-refractivity contribution in [3.05, 3.63) is 119 Å². The van der Waals surface area contributed by atoms with Gasteiger partial charge in [0.25, 0.3) is 5.56 Å². The van der Waals surface area contributed by atoms with Gasteiger partial charge >= 0.3 is 5.97 Å². The van der Waals surface area contributed by atoms with Crippen molar-refractivity contribution in [3.8, 4) is 11.5 Å². The molecule has 0 saturated heterocycles. The smallest absolute Gasteiger partial charge is 0.338 e. The molecule has 10 heteroatoms. The van der Waals surface area contributed by atoms with Crippen LogP contribution in [0.4, 0.5) is 4.39 Å². The number of aromatic hydroxyl groups is 1. The molecule has 1 aliphatic heterocycles. The molecule has 1 aliphatic rings. The van der Waals surface area contributed by atoms with E-state index in [0.717, 1.165) is 11.3 Å².